The molecule has 0 fully saturated rings. The van der Waals surface area contributed by atoms with Crippen molar-refractivity contribution in [1.82, 2.24) is 0 Å². The summed E-state index contributed by atoms with van der Waals surface area (Å²) in [5.41, 5.74) is 22.8. The van der Waals surface area contributed by atoms with Crippen molar-refractivity contribution in [1.29, 1.82) is 0 Å². The maximum Gasteiger partial charge on any atom is 1.00 e. The van der Waals surface area contributed by atoms with E-state index in [2.05, 4.69) is 48.3 Å². The van der Waals surface area contributed by atoms with Gasteiger partial charge in [0.05, 0.1) is 14.2 Å². The van der Waals surface area contributed by atoms with Gasteiger partial charge in [0.15, 0.2) is 6.04 Å². The monoisotopic (exact) mass is 614 g/mol. The minimum absolute atomic E-state index is 0. The zero-order valence-electron chi connectivity index (χ0n) is 18.7. The second kappa shape index (κ2) is 25.0. The summed E-state index contributed by atoms with van der Waals surface area (Å²) in [5.74, 6) is -0.749. The predicted molar refractivity (Wildman–Crippen MR) is 140 cm³/mol. The SMILES string of the molecule is COc1ccc(C(Br)C(=O)O)cc1.COc1ccc(C(N=[N+]=[N-])C(=O)O)cc1.S.S=S.[N-]=[N+]=[N-].[Na+]. The van der Waals surface area contributed by atoms with Crippen LogP contribution in [0.2, 0.25) is 0 Å². The van der Waals surface area contributed by atoms with Crippen LogP contribution in [0.5, 0.6) is 11.5 Å². The molecule has 0 aliphatic carbocycles. The van der Waals surface area contributed by atoms with Gasteiger partial charge in [0.2, 0.25) is 0 Å². The number of methoxy groups -OCH3 is 2. The van der Waals surface area contributed by atoms with E-state index in [1.165, 1.54) is 12.0 Å². The van der Waals surface area contributed by atoms with Crippen molar-refractivity contribution in [3.8, 4) is 11.5 Å². The first-order valence-corrected chi connectivity index (χ1v) is 10.6. The van der Waals surface area contributed by atoms with Gasteiger partial charge in [-0.1, -0.05) is 45.3 Å². The minimum Gasteiger partial charge on any atom is -0.497 e. The summed E-state index contributed by atoms with van der Waals surface area (Å²) in [5, 5.41) is 20.7. The van der Waals surface area contributed by atoms with Gasteiger partial charge in [-0.15, -0.1) is 0 Å². The van der Waals surface area contributed by atoms with Crippen LogP contribution in [0.4, 0.5) is 0 Å². The van der Waals surface area contributed by atoms with E-state index in [1.54, 1.807) is 55.6 Å². The number of azide groups is 1. The molecule has 0 heterocycles. The molecule has 2 aromatic carbocycles. The number of benzene rings is 2. The molecule has 2 unspecified atom stereocenters. The van der Waals surface area contributed by atoms with E-state index in [-0.39, 0.29) is 43.1 Å². The molecular weight excluding hydrogens is 595 g/mol. The number of alkyl halides is 1. The fourth-order valence-corrected chi connectivity index (χ4v) is 2.32. The predicted octanol–water partition coefficient (Wildman–Crippen LogP) is 2.33. The van der Waals surface area contributed by atoms with Crippen LogP contribution in [0, 0.1) is 0 Å². The van der Waals surface area contributed by atoms with Gasteiger partial charge in [-0.25, -0.2) is 0 Å². The Balaban J connectivity index is -0.000000222. The molecule has 2 atom stereocenters. The van der Waals surface area contributed by atoms with Gasteiger partial charge in [-0.3, -0.25) is 14.5 Å². The maximum atomic E-state index is 10.7. The molecule has 0 amide bonds. The third kappa shape index (κ3) is 17.0. The third-order valence-electron chi connectivity index (χ3n) is 3.46. The molecule has 2 N–H and O–H groups in total. The summed E-state index contributed by atoms with van der Waals surface area (Å²) in [4.78, 5) is 24.7. The molecule has 17 heteroatoms. The maximum absolute atomic E-state index is 10.7. The van der Waals surface area contributed by atoms with Crippen molar-refractivity contribution in [3.05, 3.63) is 86.1 Å². The van der Waals surface area contributed by atoms with Crippen molar-refractivity contribution >= 4 is 63.7 Å². The van der Waals surface area contributed by atoms with E-state index >= 15 is 0 Å². The minimum atomic E-state index is -1.19. The van der Waals surface area contributed by atoms with Crippen LogP contribution in [0.1, 0.15) is 22.0 Å². The van der Waals surface area contributed by atoms with Crippen LogP contribution in [0.25, 0.3) is 26.4 Å². The van der Waals surface area contributed by atoms with Gasteiger partial charge in [-0.05, 0) is 40.9 Å². The van der Waals surface area contributed by atoms with Gasteiger partial charge in [0, 0.05) is 27.3 Å². The number of aliphatic carboxylic acids is 2. The molecule has 2 aromatic rings. The molecule has 184 valence electrons. The van der Waals surface area contributed by atoms with E-state index < -0.39 is 22.8 Å². The first kappa shape index (κ1) is 40.1. The van der Waals surface area contributed by atoms with Crippen LogP contribution in [0.3, 0.4) is 0 Å². The van der Waals surface area contributed by atoms with Gasteiger partial charge >= 0.3 is 41.5 Å². The first-order chi connectivity index (χ1) is 15.7. The molecule has 0 aromatic heterocycles. The number of carbonyl (C=O) groups is 2. The second-order valence-electron chi connectivity index (χ2n) is 5.28. The molecule has 0 saturated carbocycles. The summed E-state index contributed by atoms with van der Waals surface area (Å²) in [6.07, 6.45) is 0. The third-order valence-corrected chi connectivity index (χ3v) is 4.38. The Bertz CT molecular complexity index is 960. The Kier molecular flexibility index (Phi) is 28.6. The molecule has 0 bridgehead atoms. The Morgan fingerprint density at radius 2 is 1.23 bits per heavy atom. The molecule has 0 radical (unpaired) electrons. The molecule has 0 saturated heterocycles. The molecule has 0 aliphatic heterocycles. The topological polar surface area (TPSA) is 201 Å². The van der Waals surface area contributed by atoms with Crippen LogP contribution >= 0.6 is 29.4 Å². The number of halogens is 1. The van der Waals surface area contributed by atoms with Gasteiger partial charge in [0.1, 0.15) is 16.3 Å². The number of carboxylic acids is 2. The van der Waals surface area contributed by atoms with Crippen LogP contribution in [-0.4, -0.2) is 36.4 Å². The largest absolute Gasteiger partial charge is 1.00 e. The van der Waals surface area contributed by atoms with Crippen LogP contribution in [-0.2, 0) is 32.0 Å². The smallest absolute Gasteiger partial charge is 0.497 e. The summed E-state index contributed by atoms with van der Waals surface area (Å²) < 4.78 is 9.87. The van der Waals surface area contributed by atoms with Crippen molar-refractivity contribution < 1.29 is 58.8 Å². The molecule has 2 rings (SSSR count). The van der Waals surface area contributed by atoms with Gasteiger partial charge in [-0.2, -0.15) is 13.5 Å². The van der Waals surface area contributed by atoms with Crippen LogP contribution < -0.4 is 39.0 Å². The Morgan fingerprint density at radius 3 is 1.49 bits per heavy atom. The summed E-state index contributed by atoms with van der Waals surface area (Å²) in [6.45, 7) is 0. The normalized spacial score (nSPS) is 9.69. The van der Waals surface area contributed by atoms with Crippen molar-refractivity contribution in [2.24, 2.45) is 5.11 Å². The summed E-state index contributed by atoms with van der Waals surface area (Å²) >= 11 is 10.4. The van der Waals surface area contributed by atoms with Gasteiger partial charge < -0.3 is 30.7 Å². The summed E-state index contributed by atoms with van der Waals surface area (Å²) in [6, 6.07) is 12.0. The fraction of sp³-hybridized carbons (Fsp3) is 0.222. The zero-order chi connectivity index (χ0) is 25.8. The average Bonchev–Trinajstić information content (AvgIpc) is 2.84. The fourth-order valence-electron chi connectivity index (χ4n) is 2.01. The quantitative estimate of drug-likeness (QED) is 0.155. The molecule has 0 spiro atoms. The average molecular weight is 615 g/mol. The zero-order valence-corrected chi connectivity index (χ0v) is 24.9. The number of carboxylic acid groups (broad SMARTS) is 2. The number of rotatable bonds is 7. The first-order valence-electron chi connectivity index (χ1n) is 8.32. The Hall–Kier alpha value is -2.13. The van der Waals surface area contributed by atoms with E-state index in [0.29, 0.717) is 22.6 Å². The van der Waals surface area contributed by atoms with Crippen molar-refractivity contribution in [2.75, 3.05) is 14.2 Å². The number of hydrogen-bond donors (Lipinski definition) is 2. The van der Waals surface area contributed by atoms with Crippen molar-refractivity contribution in [2.45, 2.75) is 10.9 Å². The summed E-state index contributed by atoms with van der Waals surface area (Å²) in [7, 11) is 3.08. The Morgan fingerprint density at radius 1 is 0.886 bits per heavy atom. The second-order valence-corrected chi connectivity index (χ2v) is 6.20. The number of ether oxygens (including phenoxy) is 2. The van der Waals surface area contributed by atoms with E-state index in [1.807, 2.05) is 0 Å². The molecular formula is C18H20BrN6NaO6S3. The van der Waals surface area contributed by atoms with Gasteiger partial charge in [0.25, 0.3) is 0 Å². The van der Waals surface area contributed by atoms with E-state index in [0.717, 1.165) is 0 Å². The number of hydrogen-bond acceptors (Lipinski definition) is 7. The number of nitrogens with zero attached hydrogens (tertiary/aromatic N) is 6. The molecule has 35 heavy (non-hydrogen) atoms. The molecule has 0 aliphatic rings. The molecule has 12 nitrogen and oxygen atoms in total. The standard InChI is InChI=1S/C9H9BrO3.C9H9N3O3.N3.Na.S2.H2S/c1-13-7-4-2-6(3-5-7)8(10)9(11)12;1-15-7-4-2-6(3-5-7)8(9(13)14)11-12-10;1-3-2;;1-2;/h2-5,8H,1H3,(H,11,12);2-5,8H,1H3,(H,13,14);;;;1H2/q;;-1;+1;;. The van der Waals surface area contributed by atoms with Crippen molar-refractivity contribution in [3.63, 3.8) is 0 Å². The van der Waals surface area contributed by atoms with Crippen LogP contribution in [0.15, 0.2) is 53.6 Å². The van der Waals surface area contributed by atoms with E-state index in [4.69, 9.17) is 36.3 Å². The Labute approximate surface area is 248 Å². The van der Waals surface area contributed by atoms with E-state index in [9.17, 15) is 9.59 Å².